The minimum atomic E-state index is 0.101. The van der Waals surface area contributed by atoms with Crippen molar-refractivity contribution in [1.82, 2.24) is 4.90 Å². The van der Waals surface area contributed by atoms with Crippen molar-refractivity contribution in [3.63, 3.8) is 0 Å². The Balaban J connectivity index is 3.84. The Bertz CT molecular complexity index is 155. The molecule has 0 heterocycles. The molecule has 1 atom stereocenters. The van der Waals surface area contributed by atoms with Gasteiger partial charge in [0.25, 0.3) is 0 Å². The van der Waals surface area contributed by atoms with Gasteiger partial charge in [-0.15, -0.1) is 0 Å². The predicted octanol–water partition coefficient (Wildman–Crippen LogP) is 1.08. The summed E-state index contributed by atoms with van der Waals surface area (Å²) < 4.78 is 0. The molecule has 0 saturated heterocycles. The minimum absolute atomic E-state index is 0.101. The summed E-state index contributed by atoms with van der Waals surface area (Å²) in [5, 5.41) is 0. The highest BCUT2D eigenvalue weighted by molar-refractivity contribution is 5.76. The van der Waals surface area contributed by atoms with Crippen LogP contribution in [-0.4, -0.2) is 31.2 Å². The normalized spacial score (nSPS) is 12.2. The molecular formula is C9H17NO2. The van der Waals surface area contributed by atoms with Crippen LogP contribution in [0.15, 0.2) is 0 Å². The molecule has 1 unspecified atom stereocenters. The quantitative estimate of drug-likeness (QED) is 0.580. The van der Waals surface area contributed by atoms with Crippen LogP contribution >= 0.6 is 0 Å². The van der Waals surface area contributed by atoms with Gasteiger partial charge in [-0.05, 0) is 5.92 Å². The van der Waals surface area contributed by atoms with E-state index in [1.807, 2.05) is 6.92 Å². The van der Waals surface area contributed by atoms with Crippen molar-refractivity contribution in [2.75, 3.05) is 14.1 Å². The summed E-state index contributed by atoms with van der Waals surface area (Å²) in [6.45, 7) is 2.00. The molecule has 0 aromatic heterocycles. The van der Waals surface area contributed by atoms with Crippen LogP contribution in [0.3, 0.4) is 0 Å². The average Bonchev–Trinajstić information content (AvgIpc) is 2.03. The Morgan fingerprint density at radius 1 is 1.50 bits per heavy atom. The van der Waals surface area contributed by atoms with Gasteiger partial charge in [0.15, 0.2) is 0 Å². The zero-order chi connectivity index (χ0) is 9.56. The van der Waals surface area contributed by atoms with Crippen molar-refractivity contribution < 1.29 is 9.59 Å². The van der Waals surface area contributed by atoms with Crippen LogP contribution in [0, 0.1) is 5.92 Å². The topological polar surface area (TPSA) is 37.4 Å². The largest absolute Gasteiger partial charge is 0.349 e. The predicted molar refractivity (Wildman–Crippen MR) is 47.8 cm³/mol. The first kappa shape index (κ1) is 11.1. The Hall–Kier alpha value is -0.860. The molecule has 0 aliphatic rings. The van der Waals surface area contributed by atoms with Crippen LogP contribution < -0.4 is 0 Å². The van der Waals surface area contributed by atoms with E-state index in [0.717, 1.165) is 12.7 Å². The van der Waals surface area contributed by atoms with Crippen molar-refractivity contribution in [1.29, 1.82) is 0 Å². The summed E-state index contributed by atoms with van der Waals surface area (Å²) in [5.74, 6) is 0.320. The Kier molecular flexibility index (Phi) is 5.34. The monoisotopic (exact) mass is 171 g/mol. The third kappa shape index (κ3) is 4.11. The molecule has 0 aliphatic heterocycles. The van der Waals surface area contributed by atoms with Crippen LogP contribution in [0.5, 0.6) is 0 Å². The standard InChI is InChI=1S/C9H17NO2/c1-4-8(5-6-11)7-9(12)10(2)3/h6,8H,4-5,7H2,1-3H3. The van der Waals surface area contributed by atoms with Gasteiger partial charge in [0, 0.05) is 26.9 Å². The summed E-state index contributed by atoms with van der Waals surface area (Å²) in [7, 11) is 3.46. The number of hydrogen-bond acceptors (Lipinski definition) is 2. The lowest BCUT2D eigenvalue weighted by Gasteiger charge is -2.14. The third-order valence-corrected chi connectivity index (χ3v) is 1.97. The first-order valence-corrected chi connectivity index (χ1v) is 4.25. The summed E-state index contributed by atoms with van der Waals surface area (Å²) in [4.78, 5) is 23.0. The van der Waals surface area contributed by atoms with Gasteiger partial charge in [-0.3, -0.25) is 4.79 Å². The number of carbonyl (C=O) groups is 2. The van der Waals surface area contributed by atoms with Crippen molar-refractivity contribution in [3.8, 4) is 0 Å². The van der Waals surface area contributed by atoms with E-state index in [1.165, 1.54) is 0 Å². The van der Waals surface area contributed by atoms with Gasteiger partial charge in [0.05, 0.1) is 0 Å². The molecule has 3 nitrogen and oxygen atoms in total. The van der Waals surface area contributed by atoms with E-state index >= 15 is 0 Å². The lowest BCUT2D eigenvalue weighted by molar-refractivity contribution is -0.129. The Morgan fingerprint density at radius 3 is 2.42 bits per heavy atom. The van der Waals surface area contributed by atoms with E-state index in [9.17, 15) is 9.59 Å². The van der Waals surface area contributed by atoms with E-state index in [4.69, 9.17) is 0 Å². The molecule has 1 amide bonds. The number of nitrogens with zero attached hydrogens (tertiary/aromatic N) is 1. The molecule has 0 N–H and O–H groups in total. The van der Waals surface area contributed by atoms with Crippen LogP contribution in [0.2, 0.25) is 0 Å². The number of aldehydes is 1. The molecule has 0 spiro atoms. The summed E-state index contributed by atoms with van der Waals surface area (Å²) >= 11 is 0. The molecule has 0 saturated carbocycles. The van der Waals surface area contributed by atoms with Crippen molar-refractivity contribution in [2.45, 2.75) is 26.2 Å². The molecule has 3 heteroatoms. The number of amides is 1. The second-order valence-electron chi connectivity index (χ2n) is 3.17. The van der Waals surface area contributed by atoms with Gasteiger partial charge < -0.3 is 9.69 Å². The van der Waals surface area contributed by atoms with E-state index in [0.29, 0.717) is 12.8 Å². The smallest absolute Gasteiger partial charge is 0.222 e. The fraction of sp³-hybridized carbons (Fsp3) is 0.778. The molecular weight excluding hydrogens is 154 g/mol. The average molecular weight is 171 g/mol. The first-order chi connectivity index (χ1) is 5.61. The number of hydrogen-bond donors (Lipinski definition) is 0. The molecule has 0 aliphatic carbocycles. The van der Waals surface area contributed by atoms with Crippen LogP contribution in [0.1, 0.15) is 26.2 Å². The summed E-state index contributed by atoms with van der Waals surface area (Å²) in [6.07, 6.45) is 2.76. The molecule has 0 rings (SSSR count). The second kappa shape index (κ2) is 5.75. The van der Waals surface area contributed by atoms with Gasteiger partial charge in [-0.2, -0.15) is 0 Å². The van der Waals surface area contributed by atoms with Gasteiger partial charge in [-0.25, -0.2) is 0 Å². The molecule has 0 bridgehead atoms. The Morgan fingerprint density at radius 2 is 2.08 bits per heavy atom. The molecule has 0 fully saturated rings. The fourth-order valence-electron chi connectivity index (χ4n) is 0.960. The van der Waals surface area contributed by atoms with Crippen molar-refractivity contribution in [2.24, 2.45) is 5.92 Å². The Labute approximate surface area is 73.7 Å². The van der Waals surface area contributed by atoms with Crippen LogP contribution in [0.25, 0.3) is 0 Å². The minimum Gasteiger partial charge on any atom is -0.349 e. The maximum atomic E-state index is 11.2. The maximum absolute atomic E-state index is 11.2. The highest BCUT2D eigenvalue weighted by Gasteiger charge is 2.12. The first-order valence-electron chi connectivity index (χ1n) is 4.25. The third-order valence-electron chi connectivity index (χ3n) is 1.97. The molecule has 12 heavy (non-hydrogen) atoms. The molecule has 70 valence electrons. The fourth-order valence-corrected chi connectivity index (χ4v) is 0.960. The summed E-state index contributed by atoms with van der Waals surface area (Å²) in [6, 6.07) is 0. The zero-order valence-electron chi connectivity index (χ0n) is 8.04. The SMILES string of the molecule is CCC(CC=O)CC(=O)N(C)C. The van der Waals surface area contributed by atoms with Gasteiger partial charge in [0.1, 0.15) is 6.29 Å². The van der Waals surface area contributed by atoms with Gasteiger partial charge >= 0.3 is 0 Å². The van der Waals surface area contributed by atoms with Crippen molar-refractivity contribution in [3.05, 3.63) is 0 Å². The van der Waals surface area contributed by atoms with E-state index in [-0.39, 0.29) is 11.8 Å². The van der Waals surface area contributed by atoms with Crippen LogP contribution in [-0.2, 0) is 9.59 Å². The van der Waals surface area contributed by atoms with Gasteiger partial charge in [0.2, 0.25) is 5.91 Å². The molecule has 0 radical (unpaired) electrons. The van der Waals surface area contributed by atoms with Crippen LogP contribution in [0.4, 0.5) is 0 Å². The highest BCUT2D eigenvalue weighted by atomic mass is 16.2. The van der Waals surface area contributed by atoms with E-state index in [1.54, 1.807) is 19.0 Å². The number of rotatable bonds is 5. The highest BCUT2D eigenvalue weighted by Crippen LogP contribution is 2.12. The summed E-state index contributed by atoms with van der Waals surface area (Å²) in [5.41, 5.74) is 0. The zero-order valence-corrected chi connectivity index (χ0v) is 8.04. The maximum Gasteiger partial charge on any atom is 0.222 e. The molecule has 0 aromatic rings. The molecule has 0 aromatic carbocycles. The van der Waals surface area contributed by atoms with E-state index in [2.05, 4.69) is 0 Å². The number of carbonyl (C=O) groups excluding carboxylic acids is 2. The van der Waals surface area contributed by atoms with Crippen molar-refractivity contribution >= 4 is 12.2 Å². The lowest BCUT2D eigenvalue weighted by Crippen LogP contribution is -2.24. The van der Waals surface area contributed by atoms with E-state index < -0.39 is 0 Å². The second-order valence-corrected chi connectivity index (χ2v) is 3.17. The lowest BCUT2D eigenvalue weighted by atomic mass is 9.99. The van der Waals surface area contributed by atoms with Gasteiger partial charge in [-0.1, -0.05) is 13.3 Å².